The molecular formula is C22H26Cl2N2O4. The molecular weight excluding hydrogens is 427 g/mol. The third kappa shape index (κ3) is 5.78. The number of furan rings is 1. The lowest BCUT2D eigenvalue weighted by atomic mass is 10.1. The average Bonchev–Trinajstić information content (AvgIpc) is 3.41. The summed E-state index contributed by atoms with van der Waals surface area (Å²) in [6, 6.07) is 8.17. The maximum absolute atomic E-state index is 13.2. The molecule has 0 radical (unpaired) electrons. The van der Waals surface area contributed by atoms with Gasteiger partial charge in [0.2, 0.25) is 5.91 Å². The van der Waals surface area contributed by atoms with Crippen LogP contribution in [0.4, 0.5) is 0 Å². The number of hydrogen-bond donors (Lipinski definition) is 0. The second-order valence-electron chi connectivity index (χ2n) is 7.64. The summed E-state index contributed by atoms with van der Waals surface area (Å²) in [5.74, 6) is 0.254. The lowest BCUT2D eigenvalue weighted by Gasteiger charge is -2.31. The van der Waals surface area contributed by atoms with E-state index in [0.29, 0.717) is 41.1 Å². The van der Waals surface area contributed by atoms with E-state index in [-0.39, 0.29) is 30.5 Å². The van der Waals surface area contributed by atoms with Crippen molar-refractivity contribution in [3.63, 3.8) is 0 Å². The SMILES string of the molecule is CC(C)N(CC(=O)N(Cc1ccco1)CC1CCCO1)C(=O)c1ccc(Cl)c(Cl)c1. The summed E-state index contributed by atoms with van der Waals surface area (Å²) < 4.78 is 11.1. The van der Waals surface area contributed by atoms with E-state index < -0.39 is 0 Å². The standard InChI is InChI=1S/C22H26Cl2N2O4/c1-15(2)26(22(28)16-7-8-19(23)20(24)11-16)14-21(27)25(12-17-5-3-9-29-17)13-18-6-4-10-30-18/h3,5,7-9,11,15,18H,4,6,10,12-14H2,1-2H3. The Kier molecular flexibility index (Phi) is 7.81. The van der Waals surface area contributed by atoms with Crippen molar-refractivity contribution in [2.75, 3.05) is 19.7 Å². The Morgan fingerprint density at radius 2 is 2.00 bits per heavy atom. The zero-order valence-electron chi connectivity index (χ0n) is 17.1. The lowest BCUT2D eigenvalue weighted by molar-refractivity contribution is -0.134. The van der Waals surface area contributed by atoms with E-state index in [2.05, 4.69) is 0 Å². The van der Waals surface area contributed by atoms with Crippen LogP contribution in [-0.4, -0.2) is 53.5 Å². The van der Waals surface area contributed by atoms with Crippen LogP contribution in [0.3, 0.4) is 0 Å². The number of nitrogens with zero attached hydrogens (tertiary/aromatic N) is 2. The Morgan fingerprint density at radius 3 is 2.60 bits per heavy atom. The van der Waals surface area contributed by atoms with Gasteiger partial charge in [0, 0.05) is 24.8 Å². The van der Waals surface area contributed by atoms with Gasteiger partial charge in [0.15, 0.2) is 0 Å². The molecule has 2 heterocycles. The first-order valence-corrected chi connectivity index (χ1v) is 10.8. The molecule has 0 aliphatic carbocycles. The third-order valence-corrected chi connectivity index (χ3v) is 5.82. The largest absolute Gasteiger partial charge is 0.467 e. The van der Waals surface area contributed by atoms with Gasteiger partial charge in [0.05, 0.1) is 29.0 Å². The molecule has 1 aromatic heterocycles. The molecule has 30 heavy (non-hydrogen) atoms. The van der Waals surface area contributed by atoms with Crippen LogP contribution in [0.15, 0.2) is 41.0 Å². The Balaban J connectivity index is 1.75. The molecule has 2 amide bonds. The summed E-state index contributed by atoms with van der Waals surface area (Å²) in [5, 5.41) is 0.678. The zero-order valence-corrected chi connectivity index (χ0v) is 18.7. The molecule has 1 atom stereocenters. The highest BCUT2D eigenvalue weighted by molar-refractivity contribution is 6.42. The van der Waals surface area contributed by atoms with Crippen molar-refractivity contribution in [2.24, 2.45) is 0 Å². The van der Waals surface area contributed by atoms with E-state index in [1.807, 2.05) is 19.9 Å². The van der Waals surface area contributed by atoms with Gasteiger partial charge in [0.1, 0.15) is 12.3 Å². The molecule has 1 aliphatic rings. The molecule has 162 valence electrons. The first-order chi connectivity index (χ1) is 14.3. The fourth-order valence-corrected chi connectivity index (χ4v) is 3.71. The number of amides is 2. The van der Waals surface area contributed by atoms with Crippen molar-refractivity contribution >= 4 is 35.0 Å². The van der Waals surface area contributed by atoms with Crippen molar-refractivity contribution in [2.45, 2.75) is 45.4 Å². The van der Waals surface area contributed by atoms with Crippen LogP contribution in [0, 0.1) is 0 Å². The van der Waals surface area contributed by atoms with Crippen LogP contribution < -0.4 is 0 Å². The van der Waals surface area contributed by atoms with Gasteiger partial charge >= 0.3 is 0 Å². The normalized spacial score (nSPS) is 16.1. The van der Waals surface area contributed by atoms with Gasteiger partial charge in [-0.3, -0.25) is 9.59 Å². The number of carbonyl (C=O) groups excluding carboxylic acids is 2. The van der Waals surface area contributed by atoms with Crippen LogP contribution in [0.1, 0.15) is 42.8 Å². The highest BCUT2D eigenvalue weighted by Crippen LogP contribution is 2.24. The first kappa shape index (κ1) is 22.7. The van der Waals surface area contributed by atoms with E-state index in [1.54, 1.807) is 29.4 Å². The molecule has 0 spiro atoms. The molecule has 0 N–H and O–H groups in total. The molecule has 8 heteroatoms. The molecule has 1 aliphatic heterocycles. The van der Waals surface area contributed by atoms with Crippen molar-refractivity contribution in [3.8, 4) is 0 Å². The summed E-state index contributed by atoms with van der Waals surface area (Å²) in [6.45, 7) is 5.20. The molecule has 1 fully saturated rings. The summed E-state index contributed by atoms with van der Waals surface area (Å²) in [7, 11) is 0. The fraction of sp³-hybridized carbons (Fsp3) is 0.455. The second kappa shape index (κ2) is 10.3. The van der Waals surface area contributed by atoms with Crippen molar-refractivity contribution in [1.82, 2.24) is 9.80 Å². The van der Waals surface area contributed by atoms with E-state index in [0.717, 1.165) is 12.8 Å². The van der Waals surface area contributed by atoms with Gasteiger partial charge in [-0.25, -0.2) is 0 Å². The summed E-state index contributed by atoms with van der Waals surface area (Å²) in [6.07, 6.45) is 3.49. The maximum Gasteiger partial charge on any atom is 0.254 e. The minimum Gasteiger partial charge on any atom is -0.467 e. The van der Waals surface area contributed by atoms with Crippen LogP contribution in [-0.2, 0) is 16.1 Å². The molecule has 1 unspecified atom stereocenters. The van der Waals surface area contributed by atoms with Gasteiger partial charge in [-0.15, -0.1) is 0 Å². The van der Waals surface area contributed by atoms with Crippen LogP contribution in [0.25, 0.3) is 0 Å². The Morgan fingerprint density at radius 1 is 1.20 bits per heavy atom. The number of carbonyl (C=O) groups is 2. The Hall–Kier alpha value is -2.02. The molecule has 1 aromatic carbocycles. The minimum atomic E-state index is -0.271. The summed E-state index contributed by atoms with van der Waals surface area (Å²) >= 11 is 12.0. The monoisotopic (exact) mass is 452 g/mol. The van der Waals surface area contributed by atoms with Gasteiger partial charge in [-0.05, 0) is 57.0 Å². The highest BCUT2D eigenvalue weighted by atomic mass is 35.5. The van der Waals surface area contributed by atoms with Crippen LogP contribution >= 0.6 is 23.2 Å². The number of benzene rings is 1. The number of ether oxygens (including phenoxy) is 1. The van der Waals surface area contributed by atoms with E-state index in [4.69, 9.17) is 32.4 Å². The summed E-state index contributed by atoms with van der Waals surface area (Å²) in [5.41, 5.74) is 0.391. The van der Waals surface area contributed by atoms with Crippen molar-refractivity contribution in [3.05, 3.63) is 58.0 Å². The molecule has 1 saturated heterocycles. The Bertz CT molecular complexity index is 864. The molecule has 2 aromatic rings. The maximum atomic E-state index is 13.2. The van der Waals surface area contributed by atoms with Crippen LogP contribution in [0.2, 0.25) is 10.0 Å². The Labute approximate surface area is 186 Å². The molecule has 0 bridgehead atoms. The predicted molar refractivity (Wildman–Crippen MR) is 116 cm³/mol. The zero-order chi connectivity index (χ0) is 21.7. The quantitative estimate of drug-likeness (QED) is 0.584. The predicted octanol–water partition coefficient (Wildman–Crippen LogP) is 4.64. The smallest absolute Gasteiger partial charge is 0.254 e. The molecule has 0 saturated carbocycles. The first-order valence-electron chi connectivity index (χ1n) is 10.0. The summed E-state index contributed by atoms with van der Waals surface area (Å²) in [4.78, 5) is 29.5. The topological polar surface area (TPSA) is 63.0 Å². The number of hydrogen-bond acceptors (Lipinski definition) is 4. The molecule has 3 rings (SSSR count). The molecule has 6 nitrogen and oxygen atoms in total. The second-order valence-corrected chi connectivity index (χ2v) is 8.46. The number of halogens is 2. The van der Waals surface area contributed by atoms with E-state index >= 15 is 0 Å². The van der Waals surface area contributed by atoms with Crippen molar-refractivity contribution < 1.29 is 18.7 Å². The third-order valence-electron chi connectivity index (χ3n) is 5.08. The van der Waals surface area contributed by atoms with E-state index in [1.165, 1.54) is 11.0 Å². The van der Waals surface area contributed by atoms with Crippen molar-refractivity contribution in [1.29, 1.82) is 0 Å². The minimum absolute atomic E-state index is 0.00202. The fourth-order valence-electron chi connectivity index (χ4n) is 3.41. The van der Waals surface area contributed by atoms with Gasteiger partial charge in [0.25, 0.3) is 5.91 Å². The van der Waals surface area contributed by atoms with Gasteiger partial charge < -0.3 is 19.0 Å². The van der Waals surface area contributed by atoms with Crippen LogP contribution in [0.5, 0.6) is 0 Å². The highest BCUT2D eigenvalue weighted by Gasteiger charge is 2.28. The number of rotatable bonds is 8. The van der Waals surface area contributed by atoms with E-state index in [9.17, 15) is 9.59 Å². The lowest BCUT2D eigenvalue weighted by Crippen LogP contribution is -2.47. The van der Waals surface area contributed by atoms with Gasteiger partial charge in [-0.1, -0.05) is 23.2 Å². The van der Waals surface area contributed by atoms with Gasteiger partial charge in [-0.2, -0.15) is 0 Å². The average molecular weight is 453 g/mol.